The summed E-state index contributed by atoms with van der Waals surface area (Å²) >= 11 is 0. The van der Waals surface area contributed by atoms with E-state index in [-0.39, 0.29) is 18.7 Å². The SMILES string of the molecule is CCO/N=C(\C)CC(=O)NC(CC(=O)O)c1ccccc1. The van der Waals surface area contributed by atoms with Crippen LogP contribution in [0.1, 0.15) is 38.3 Å². The molecule has 114 valence electrons. The number of carboxylic acid groups (broad SMARTS) is 1. The molecule has 1 amide bonds. The Morgan fingerprint density at radius 1 is 1.33 bits per heavy atom. The molecule has 0 fully saturated rings. The zero-order valence-corrected chi connectivity index (χ0v) is 12.2. The predicted molar refractivity (Wildman–Crippen MR) is 78.9 cm³/mol. The van der Waals surface area contributed by atoms with Crippen LogP contribution in [0.2, 0.25) is 0 Å². The third-order valence-electron chi connectivity index (χ3n) is 2.68. The predicted octanol–water partition coefficient (Wildman–Crippen LogP) is 2.12. The molecule has 6 heteroatoms. The lowest BCUT2D eigenvalue weighted by Crippen LogP contribution is -2.31. The Morgan fingerprint density at radius 2 is 2.00 bits per heavy atom. The minimum Gasteiger partial charge on any atom is -0.481 e. The van der Waals surface area contributed by atoms with Crippen LogP contribution < -0.4 is 5.32 Å². The van der Waals surface area contributed by atoms with Gasteiger partial charge in [0.1, 0.15) is 6.61 Å². The van der Waals surface area contributed by atoms with Gasteiger partial charge in [-0.05, 0) is 19.4 Å². The molecule has 0 spiro atoms. The summed E-state index contributed by atoms with van der Waals surface area (Å²) in [5, 5.41) is 15.4. The van der Waals surface area contributed by atoms with E-state index in [1.807, 2.05) is 6.07 Å². The second kappa shape index (κ2) is 8.73. The van der Waals surface area contributed by atoms with Crippen LogP contribution in [0.4, 0.5) is 0 Å². The number of hydrogen-bond donors (Lipinski definition) is 2. The van der Waals surface area contributed by atoms with Crippen LogP contribution in [-0.4, -0.2) is 29.3 Å². The number of carboxylic acids is 1. The van der Waals surface area contributed by atoms with Gasteiger partial charge in [0.15, 0.2) is 0 Å². The molecule has 2 N–H and O–H groups in total. The molecule has 21 heavy (non-hydrogen) atoms. The fourth-order valence-electron chi connectivity index (χ4n) is 1.80. The van der Waals surface area contributed by atoms with Crippen LogP contribution in [0, 0.1) is 0 Å². The van der Waals surface area contributed by atoms with Crippen molar-refractivity contribution in [2.75, 3.05) is 6.61 Å². The first-order valence-corrected chi connectivity index (χ1v) is 6.74. The van der Waals surface area contributed by atoms with Crippen molar-refractivity contribution >= 4 is 17.6 Å². The lowest BCUT2D eigenvalue weighted by atomic mass is 10.0. The van der Waals surface area contributed by atoms with Gasteiger partial charge in [0.2, 0.25) is 5.91 Å². The summed E-state index contributed by atoms with van der Waals surface area (Å²) in [5.74, 6) is -1.25. The monoisotopic (exact) mass is 292 g/mol. The van der Waals surface area contributed by atoms with Gasteiger partial charge in [0.05, 0.1) is 24.6 Å². The molecule has 0 aliphatic heterocycles. The van der Waals surface area contributed by atoms with Gasteiger partial charge in [0.25, 0.3) is 0 Å². The molecule has 1 atom stereocenters. The average molecular weight is 292 g/mol. The van der Waals surface area contributed by atoms with Crippen LogP contribution in [0.3, 0.4) is 0 Å². The second-order valence-electron chi connectivity index (χ2n) is 4.55. The van der Waals surface area contributed by atoms with Crippen molar-refractivity contribution in [3.63, 3.8) is 0 Å². The summed E-state index contributed by atoms with van der Waals surface area (Å²) in [6, 6.07) is 8.46. The van der Waals surface area contributed by atoms with E-state index >= 15 is 0 Å². The van der Waals surface area contributed by atoms with Crippen molar-refractivity contribution in [2.45, 2.75) is 32.7 Å². The maximum Gasteiger partial charge on any atom is 0.305 e. The second-order valence-corrected chi connectivity index (χ2v) is 4.55. The molecule has 0 saturated heterocycles. The van der Waals surface area contributed by atoms with E-state index in [0.717, 1.165) is 5.56 Å². The molecular weight excluding hydrogens is 272 g/mol. The highest BCUT2D eigenvalue weighted by Crippen LogP contribution is 2.16. The van der Waals surface area contributed by atoms with Gasteiger partial charge >= 0.3 is 5.97 Å². The van der Waals surface area contributed by atoms with Crippen molar-refractivity contribution in [1.82, 2.24) is 5.32 Å². The Bertz CT molecular complexity index is 500. The van der Waals surface area contributed by atoms with Crippen LogP contribution >= 0.6 is 0 Å². The minimum absolute atomic E-state index is 0.0724. The molecule has 0 saturated carbocycles. The maximum atomic E-state index is 11.9. The molecule has 1 rings (SSSR count). The molecule has 0 aromatic heterocycles. The Morgan fingerprint density at radius 3 is 2.57 bits per heavy atom. The first kappa shape index (κ1) is 16.7. The highest BCUT2D eigenvalue weighted by molar-refractivity contribution is 5.99. The van der Waals surface area contributed by atoms with Crippen molar-refractivity contribution in [3.05, 3.63) is 35.9 Å². The molecule has 1 aromatic carbocycles. The first-order chi connectivity index (χ1) is 10.0. The number of hydrogen-bond acceptors (Lipinski definition) is 4. The van der Waals surface area contributed by atoms with Gasteiger partial charge in [-0.1, -0.05) is 35.5 Å². The van der Waals surface area contributed by atoms with E-state index < -0.39 is 12.0 Å². The van der Waals surface area contributed by atoms with E-state index in [9.17, 15) is 9.59 Å². The molecule has 0 heterocycles. The summed E-state index contributed by atoms with van der Waals surface area (Å²) in [6.07, 6.45) is -0.0969. The lowest BCUT2D eigenvalue weighted by molar-refractivity contribution is -0.137. The number of carbonyl (C=O) groups excluding carboxylic acids is 1. The van der Waals surface area contributed by atoms with Crippen molar-refractivity contribution in [1.29, 1.82) is 0 Å². The van der Waals surface area contributed by atoms with Crippen LogP contribution in [-0.2, 0) is 14.4 Å². The third kappa shape index (κ3) is 6.56. The molecule has 1 aromatic rings. The summed E-state index contributed by atoms with van der Waals surface area (Å²) in [7, 11) is 0. The molecule has 0 aliphatic carbocycles. The van der Waals surface area contributed by atoms with Crippen LogP contribution in [0.25, 0.3) is 0 Å². The largest absolute Gasteiger partial charge is 0.481 e. The normalized spacial score (nSPS) is 12.6. The van der Waals surface area contributed by atoms with Gasteiger partial charge in [-0.3, -0.25) is 9.59 Å². The fraction of sp³-hybridized carbons (Fsp3) is 0.400. The zero-order chi connectivity index (χ0) is 15.7. The zero-order valence-electron chi connectivity index (χ0n) is 12.2. The maximum absolute atomic E-state index is 11.9. The quantitative estimate of drug-likeness (QED) is 0.567. The topological polar surface area (TPSA) is 88.0 Å². The summed E-state index contributed by atoms with van der Waals surface area (Å²) < 4.78 is 0. The van der Waals surface area contributed by atoms with E-state index in [1.54, 1.807) is 38.1 Å². The Labute approximate surface area is 123 Å². The number of nitrogens with one attached hydrogen (secondary N) is 1. The van der Waals surface area contributed by atoms with Gasteiger partial charge in [-0.2, -0.15) is 0 Å². The van der Waals surface area contributed by atoms with Crippen molar-refractivity contribution in [3.8, 4) is 0 Å². The lowest BCUT2D eigenvalue weighted by Gasteiger charge is -2.17. The molecular formula is C15H20N2O4. The summed E-state index contributed by atoms with van der Waals surface area (Å²) in [6.45, 7) is 3.92. The number of aliphatic carboxylic acids is 1. The minimum atomic E-state index is -0.969. The number of oxime groups is 1. The summed E-state index contributed by atoms with van der Waals surface area (Å²) in [5.41, 5.74) is 1.30. The molecule has 0 aliphatic rings. The van der Waals surface area contributed by atoms with E-state index in [0.29, 0.717) is 12.3 Å². The standard InChI is InChI=1S/C15H20N2O4/c1-3-21-17-11(2)9-14(18)16-13(10-15(19)20)12-7-5-4-6-8-12/h4-8,13H,3,9-10H2,1-2H3,(H,16,18)(H,19,20)/b17-11+. The van der Waals surface area contributed by atoms with Gasteiger partial charge in [0, 0.05) is 0 Å². The van der Waals surface area contributed by atoms with E-state index in [4.69, 9.17) is 9.94 Å². The smallest absolute Gasteiger partial charge is 0.305 e. The number of amides is 1. The average Bonchev–Trinajstić information content (AvgIpc) is 2.44. The van der Waals surface area contributed by atoms with E-state index in [1.165, 1.54) is 0 Å². The Balaban J connectivity index is 2.69. The number of benzene rings is 1. The summed E-state index contributed by atoms with van der Waals surface area (Å²) in [4.78, 5) is 27.7. The van der Waals surface area contributed by atoms with Crippen molar-refractivity contribution in [2.24, 2.45) is 5.16 Å². The van der Waals surface area contributed by atoms with Gasteiger partial charge < -0.3 is 15.3 Å². The Kier molecular flexibility index (Phi) is 6.94. The highest BCUT2D eigenvalue weighted by Gasteiger charge is 2.18. The first-order valence-electron chi connectivity index (χ1n) is 6.74. The van der Waals surface area contributed by atoms with E-state index in [2.05, 4.69) is 10.5 Å². The molecule has 1 unspecified atom stereocenters. The number of nitrogens with zero attached hydrogens (tertiary/aromatic N) is 1. The van der Waals surface area contributed by atoms with Gasteiger partial charge in [-0.15, -0.1) is 0 Å². The van der Waals surface area contributed by atoms with Crippen LogP contribution in [0.5, 0.6) is 0 Å². The molecule has 0 bridgehead atoms. The van der Waals surface area contributed by atoms with Crippen molar-refractivity contribution < 1.29 is 19.5 Å². The highest BCUT2D eigenvalue weighted by atomic mass is 16.6. The van der Waals surface area contributed by atoms with Crippen LogP contribution in [0.15, 0.2) is 35.5 Å². The number of rotatable bonds is 8. The third-order valence-corrected chi connectivity index (χ3v) is 2.68. The molecule has 0 radical (unpaired) electrons. The number of carbonyl (C=O) groups is 2. The molecule has 6 nitrogen and oxygen atoms in total. The fourth-order valence-corrected chi connectivity index (χ4v) is 1.80. The Hall–Kier alpha value is -2.37. The van der Waals surface area contributed by atoms with Gasteiger partial charge in [-0.25, -0.2) is 0 Å².